The number of benzene rings is 2. The van der Waals surface area contributed by atoms with Gasteiger partial charge in [-0.05, 0) is 30.4 Å². The molecule has 1 N–H and O–H groups in total. The number of allylic oxidation sites excluding steroid dienone is 2. The first-order valence-electron chi connectivity index (χ1n) is 8.44. The molecule has 25 heavy (non-hydrogen) atoms. The van der Waals surface area contributed by atoms with Gasteiger partial charge in [-0.2, -0.15) is 0 Å². The average molecular weight is 336 g/mol. The van der Waals surface area contributed by atoms with Crippen molar-refractivity contribution in [2.75, 3.05) is 12.4 Å². The molecule has 0 fully saturated rings. The van der Waals surface area contributed by atoms with E-state index in [-0.39, 0.29) is 22.6 Å². The van der Waals surface area contributed by atoms with Crippen molar-refractivity contribution in [1.82, 2.24) is 0 Å². The van der Waals surface area contributed by atoms with Crippen LogP contribution in [-0.4, -0.2) is 12.0 Å². The van der Waals surface area contributed by atoms with Crippen LogP contribution in [0, 0.1) is 23.0 Å². The molecule has 0 aromatic heterocycles. The van der Waals surface area contributed by atoms with Gasteiger partial charge in [0, 0.05) is 12.0 Å². The largest absolute Gasteiger partial charge is 0.494 e. The second-order valence-electron chi connectivity index (χ2n) is 6.76. The number of hydrogen-bond acceptors (Lipinski definition) is 4. The van der Waals surface area contributed by atoms with Crippen molar-refractivity contribution in [1.29, 1.82) is 0 Å². The molecule has 2 aliphatic rings. The maximum Gasteiger partial charge on any atom is 0.273 e. The van der Waals surface area contributed by atoms with Crippen LogP contribution in [-0.2, 0) is 0 Å². The second-order valence-corrected chi connectivity index (χ2v) is 6.76. The van der Waals surface area contributed by atoms with Gasteiger partial charge >= 0.3 is 0 Å². The Hall–Kier alpha value is -2.82. The Morgan fingerprint density at radius 3 is 2.84 bits per heavy atom. The lowest BCUT2D eigenvalue weighted by Crippen LogP contribution is -2.29. The summed E-state index contributed by atoms with van der Waals surface area (Å²) in [6, 6.07) is 11.9. The van der Waals surface area contributed by atoms with Crippen LogP contribution in [0.1, 0.15) is 35.1 Å². The lowest BCUT2D eigenvalue weighted by molar-refractivity contribution is -0.385. The van der Waals surface area contributed by atoms with E-state index in [2.05, 4.69) is 48.7 Å². The lowest BCUT2D eigenvalue weighted by atomic mass is 9.76. The fraction of sp³-hybridized carbons (Fsp3) is 0.300. The van der Waals surface area contributed by atoms with Crippen LogP contribution in [0.25, 0.3) is 0 Å². The zero-order valence-corrected chi connectivity index (χ0v) is 14.2. The van der Waals surface area contributed by atoms with Crippen molar-refractivity contribution in [3.8, 4) is 5.75 Å². The normalized spacial score (nSPS) is 23.5. The summed E-state index contributed by atoms with van der Waals surface area (Å²) >= 11 is 0. The Morgan fingerprint density at radius 1 is 1.28 bits per heavy atom. The van der Waals surface area contributed by atoms with E-state index < -0.39 is 0 Å². The summed E-state index contributed by atoms with van der Waals surface area (Å²) in [7, 11) is 1.55. The lowest BCUT2D eigenvalue weighted by Gasteiger charge is -2.38. The summed E-state index contributed by atoms with van der Waals surface area (Å²) in [5.74, 6) is 1.04. The first kappa shape index (κ1) is 15.7. The van der Waals surface area contributed by atoms with Gasteiger partial charge in [0.1, 0.15) is 5.75 Å². The Bertz CT molecular complexity index is 875. The van der Waals surface area contributed by atoms with Crippen molar-refractivity contribution >= 4 is 11.4 Å². The quantitative estimate of drug-likeness (QED) is 0.499. The molecule has 1 aliphatic heterocycles. The number of nitro groups is 1. The number of nitro benzene ring substituents is 1. The standard InChI is InChI=1S/C20H20N2O3/c1-12-5-3-6-13(9-12)19-16-8-4-7-15(16)17-10-14(22(23)24)11-18(25-2)20(17)21-19/h3-7,9-11,15-16,19,21H,8H2,1-2H3/t15?,16?,19-/m1/s1. The SMILES string of the molecule is COc1cc([N+](=O)[O-])cc2c1N[C@H](c1cccc(C)c1)C1CC=CC21. The molecule has 0 spiro atoms. The molecule has 2 aromatic rings. The molecular weight excluding hydrogens is 316 g/mol. The number of nitrogens with one attached hydrogen (secondary N) is 1. The maximum absolute atomic E-state index is 11.3. The monoisotopic (exact) mass is 336 g/mol. The fourth-order valence-corrected chi connectivity index (χ4v) is 4.11. The van der Waals surface area contributed by atoms with E-state index in [1.165, 1.54) is 17.2 Å². The summed E-state index contributed by atoms with van der Waals surface area (Å²) in [5, 5.41) is 14.9. The van der Waals surface area contributed by atoms with E-state index in [4.69, 9.17) is 4.74 Å². The van der Waals surface area contributed by atoms with Crippen LogP contribution in [0.5, 0.6) is 5.75 Å². The highest BCUT2D eigenvalue weighted by Crippen LogP contribution is 2.53. The summed E-state index contributed by atoms with van der Waals surface area (Å²) in [4.78, 5) is 10.9. The van der Waals surface area contributed by atoms with Gasteiger partial charge in [-0.1, -0.05) is 42.0 Å². The minimum Gasteiger partial charge on any atom is -0.494 e. The van der Waals surface area contributed by atoms with E-state index in [9.17, 15) is 10.1 Å². The number of aryl methyl sites for hydroxylation is 1. The van der Waals surface area contributed by atoms with Crippen LogP contribution in [0.4, 0.5) is 11.4 Å². The van der Waals surface area contributed by atoms with Crippen LogP contribution >= 0.6 is 0 Å². The number of nitrogens with zero attached hydrogens (tertiary/aromatic N) is 1. The molecular formula is C20H20N2O3. The molecule has 0 amide bonds. The number of ether oxygens (including phenoxy) is 1. The van der Waals surface area contributed by atoms with Gasteiger partial charge in [0.25, 0.3) is 5.69 Å². The molecule has 0 saturated carbocycles. The number of methoxy groups -OCH3 is 1. The molecule has 2 aromatic carbocycles. The van der Waals surface area contributed by atoms with Crippen LogP contribution < -0.4 is 10.1 Å². The van der Waals surface area contributed by atoms with Crippen LogP contribution in [0.3, 0.4) is 0 Å². The van der Waals surface area contributed by atoms with E-state index in [1.807, 2.05) is 0 Å². The van der Waals surface area contributed by atoms with Gasteiger partial charge in [0.2, 0.25) is 0 Å². The molecule has 0 saturated heterocycles. The number of fused-ring (bicyclic) bond motifs is 3. The molecule has 1 heterocycles. The van der Waals surface area contributed by atoms with Crippen LogP contribution in [0.2, 0.25) is 0 Å². The molecule has 3 atom stereocenters. The smallest absolute Gasteiger partial charge is 0.273 e. The molecule has 4 rings (SSSR count). The van der Waals surface area contributed by atoms with E-state index in [0.717, 1.165) is 17.7 Å². The van der Waals surface area contributed by atoms with Gasteiger partial charge < -0.3 is 10.1 Å². The highest BCUT2D eigenvalue weighted by molar-refractivity contribution is 5.71. The summed E-state index contributed by atoms with van der Waals surface area (Å²) in [5.41, 5.74) is 4.36. The zero-order chi connectivity index (χ0) is 17.6. The van der Waals surface area contributed by atoms with Gasteiger partial charge in [0.15, 0.2) is 0 Å². The minimum atomic E-state index is -0.358. The third kappa shape index (κ3) is 2.56. The fourth-order valence-electron chi connectivity index (χ4n) is 4.11. The molecule has 1 aliphatic carbocycles. The van der Waals surface area contributed by atoms with E-state index in [0.29, 0.717) is 11.7 Å². The van der Waals surface area contributed by atoms with Gasteiger partial charge in [-0.25, -0.2) is 0 Å². The van der Waals surface area contributed by atoms with Crippen molar-refractivity contribution in [2.45, 2.75) is 25.3 Å². The third-order valence-electron chi connectivity index (χ3n) is 5.25. The van der Waals surface area contributed by atoms with E-state index in [1.54, 1.807) is 13.2 Å². The molecule has 0 bridgehead atoms. The van der Waals surface area contributed by atoms with Crippen molar-refractivity contribution in [3.63, 3.8) is 0 Å². The predicted molar refractivity (Wildman–Crippen MR) is 97.2 cm³/mol. The molecule has 128 valence electrons. The third-order valence-corrected chi connectivity index (χ3v) is 5.25. The highest BCUT2D eigenvalue weighted by Gasteiger charge is 2.40. The van der Waals surface area contributed by atoms with Crippen molar-refractivity contribution in [2.24, 2.45) is 5.92 Å². The molecule has 0 radical (unpaired) electrons. The summed E-state index contributed by atoms with van der Waals surface area (Å²) < 4.78 is 5.47. The van der Waals surface area contributed by atoms with Gasteiger partial charge in [-0.3, -0.25) is 10.1 Å². The average Bonchev–Trinajstić information content (AvgIpc) is 3.10. The van der Waals surface area contributed by atoms with Crippen molar-refractivity contribution < 1.29 is 9.66 Å². The molecule has 5 heteroatoms. The van der Waals surface area contributed by atoms with Gasteiger partial charge in [0.05, 0.1) is 29.8 Å². The number of anilines is 1. The predicted octanol–water partition coefficient (Wildman–Crippen LogP) is 4.74. The second kappa shape index (κ2) is 5.92. The number of hydrogen-bond donors (Lipinski definition) is 1. The van der Waals surface area contributed by atoms with E-state index >= 15 is 0 Å². The Kier molecular flexibility index (Phi) is 3.71. The Morgan fingerprint density at radius 2 is 2.12 bits per heavy atom. The maximum atomic E-state index is 11.3. The first-order valence-corrected chi connectivity index (χ1v) is 8.44. The minimum absolute atomic E-state index is 0.0745. The summed E-state index contributed by atoms with van der Waals surface area (Å²) in [6.07, 6.45) is 5.32. The molecule has 2 unspecified atom stereocenters. The zero-order valence-electron chi connectivity index (χ0n) is 14.2. The number of non-ortho nitro benzene ring substituents is 1. The first-order chi connectivity index (χ1) is 12.1. The topological polar surface area (TPSA) is 64.4 Å². The Balaban J connectivity index is 1.85. The highest BCUT2D eigenvalue weighted by atomic mass is 16.6. The summed E-state index contributed by atoms with van der Waals surface area (Å²) in [6.45, 7) is 2.09. The van der Waals surface area contributed by atoms with Crippen LogP contribution in [0.15, 0.2) is 48.6 Å². The Labute approximate surface area is 146 Å². The molecule has 5 nitrogen and oxygen atoms in total. The van der Waals surface area contributed by atoms with Gasteiger partial charge in [-0.15, -0.1) is 0 Å². The van der Waals surface area contributed by atoms with Crippen molar-refractivity contribution in [3.05, 3.63) is 75.4 Å². The number of rotatable bonds is 3.